The van der Waals surface area contributed by atoms with E-state index < -0.39 is 35.0 Å². The van der Waals surface area contributed by atoms with Crippen molar-refractivity contribution in [3.05, 3.63) is 59.7 Å². The number of rotatable bonds is 5. The zero-order valence-corrected chi connectivity index (χ0v) is 13.8. The number of nitrogens with zero attached hydrogens (tertiary/aromatic N) is 1. The van der Waals surface area contributed by atoms with Gasteiger partial charge in [-0.2, -0.15) is 0 Å². The maximum absolute atomic E-state index is 14.0. The summed E-state index contributed by atoms with van der Waals surface area (Å²) in [6, 6.07) is 8.61. The molecule has 1 aliphatic rings. The molecule has 1 aromatic carbocycles. The van der Waals surface area contributed by atoms with Gasteiger partial charge in [-0.15, -0.1) is 0 Å². The van der Waals surface area contributed by atoms with E-state index in [9.17, 15) is 23.9 Å². The van der Waals surface area contributed by atoms with Gasteiger partial charge >= 0.3 is 0 Å². The van der Waals surface area contributed by atoms with Gasteiger partial charge in [-0.05, 0) is 30.7 Å². The van der Waals surface area contributed by atoms with Gasteiger partial charge in [0.1, 0.15) is 29.0 Å². The molecule has 0 saturated heterocycles. The second-order valence-corrected chi connectivity index (χ2v) is 6.13. The minimum atomic E-state index is -1.28. The number of hydrogen-bond acceptors (Lipinski definition) is 5. The van der Waals surface area contributed by atoms with Gasteiger partial charge in [0.05, 0.1) is 0 Å². The normalized spacial score (nSPS) is 19.6. The Balaban J connectivity index is 1.63. The quantitative estimate of drug-likeness (QED) is 0.799. The molecule has 0 bridgehead atoms. The van der Waals surface area contributed by atoms with Crippen molar-refractivity contribution in [2.45, 2.75) is 18.8 Å². The number of carbonyl (C=O) groups is 3. The number of hydrogen-bond donors (Lipinski definition) is 2. The molecular formula is C19H17FN2O4. The third kappa shape index (κ3) is 3.46. The Bertz CT molecular complexity index is 834. The van der Waals surface area contributed by atoms with Gasteiger partial charge in [0.25, 0.3) is 5.91 Å². The van der Waals surface area contributed by atoms with Gasteiger partial charge in [-0.1, -0.05) is 12.1 Å². The lowest BCUT2D eigenvalue weighted by atomic mass is 9.92. The predicted octanol–water partition coefficient (Wildman–Crippen LogP) is 1.99. The van der Waals surface area contributed by atoms with E-state index in [1.807, 2.05) is 0 Å². The van der Waals surface area contributed by atoms with Crippen LogP contribution in [0.15, 0.2) is 42.6 Å². The van der Waals surface area contributed by atoms with E-state index in [2.05, 4.69) is 10.3 Å². The highest BCUT2D eigenvalue weighted by Crippen LogP contribution is 2.38. The number of carbonyl (C=O) groups excluding carboxylic acids is 3. The van der Waals surface area contributed by atoms with Crippen LogP contribution in [0.1, 0.15) is 34.8 Å². The van der Waals surface area contributed by atoms with Crippen molar-refractivity contribution in [1.29, 1.82) is 0 Å². The zero-order chi connectivity index (χ0) is 18.7. The van der Waals surface area contributed by atoms with E-state index in [0.717, 1.165) is 6.07 Å². The van der Waals surface area contributed by atoms with Crippen LogP contribution in [-0.4, -0.2) is 34.1 Å². The van der Waals surface area contributed by atoms with E-state index in [4.69, 9.17) is 0 Å². The molecule has 1 amide bonds. The van der Waals surface area contributed by atoms with Crippen molar-refractivity contribution >= 4 is 17.5 Å². The van der Waals surface area contributed by atoms with E-state index in [1.54, 1.807) is 18.2 Å². The molecule has 1 aliphatic carbocycles. The summed E-state index contributed by atoms with van der Waals surface area (Å²) in [7, 11) is 0. The van der Waals surface area contributed by atoms with Crippen LogP contribution in [0.2, 0.25) is 0 Å². The number of aromatic nitrogens is 1. The number of benzene rings is 1. The molecule has 0 spiro atoms. The number of halogens is 1. The zero-order valence-electron chi connectivity index (χ0n) is 13.8. The molecule has 7 heteroatoms. The third-order valence-corrected chi connectivity index (χ3v) is 4.45. The van der Waals surface area contributed by atoms with Crippen LogP contribution in [0.5, 0.6) is 5.75 Å². The molecule has 3 rings (SSSR count). The second-order valence-electron chi connectivity index (χ2n) is 6.13. The van der Waals surface area contributed by atoms with Gasteiger partial charge < -0.3 is 10.4 Å². The summed E-state index contributed by atoms with van der Waals surface area (Å²) in [4.78, 5) is 40.6. The Hall–Kier alpha value is -3.09. The largest absolute Gasteiger partial charge is 0.508 e. The van der Waals surface area contributed by atoms with Crippen molar-refractivity contribution in [1.82, 2.24) is 10.3 Å². The van der Waals surface area contributed by atoms with Crippen LogP contribution in [0.4, 0.5) is 4.39 Å². The van der Waals surface area contributed by atoms with Gasteiger partial charge in [-0.3, -0.25) is 19.4 Å². The fourth-order valence-corrected chi connectivity index (χ4v) is 3.16. The number of Topliss-reactive ketones (excluding diaryl/α,β-unsaturated/α-hetero) is 2. The summed E-state index contributed by atoms with van der Waals surface area (Å²) < 4.78 is 14.0. The number of amides is 1. The molecule has 0 aliphatic heterocycles. The highest BCUT2D eigenvalue weighted by molar-refractivity contribution is 6.15. The van der Waals surface area contributed by atoms with E-state index in [0.29, 0.717) is 0 Å². The number of ketones is 2. The maximum Gasteiger partial charge on any atom is 0.269 e. The molecule has 1 saturated carbocycles. The topological polar surface area (TPSA) is 96.4 Å². The van der Waals surface area contributed by atoms with E-state index >= 15 is 0 Å². The van der Waals surface area contributed by atoms with Crippen LogP contribution < -0.4 is 5.32 Å². The Morgan fingerprint density at radius 2 is 2.04 bits per heavy atom. The molecule has 134 valence electrons. The first-order valence-electron chi connectivity index (χ1n) is 8.22. The fourth-order valence-electron chi connectivity index (χ4n) is 3.16. The number of pyridine rings is 1. The average Bonchev–Trinajstić information content (AvgIpc) is 2.90. The third-order valence-electron chi connectivity index (χ3n) is 4.45. The first-order valence-corrected chi connectivity index (χ1v) is 8.22. The van der Waals surface area contributed by atoms with E-state index in [1.165, 1.54) is 18.3 Å². The lowest BCUT2D eigenvalue weighted by Crippen LogP contribution is -2.27. The van der Waals surface area contributed by atoms with Gasteiger partial charge in [0.2, 0.25) is 0 Å². The molecule has 1 heterocycles. The van der Waals surface area contributed by atoms with E-state index in [-0.39, 0.29) is 36.6 Å². The molecular weight excluding hydrogens is 339 g/mol. The molecule has 2 aromatic rings. The molecule has 6 nitrogen and oxygen atoms in total. The molecule has 2 atom stereocenters. The summed E-state index contributed by atoms with van der Waals surface area (Å²) in [6.07, 6.45) is 1.73. The Morgan fingerprint density at radius 1 is 1.23 bits per heavy atom. The number of phenols is 1. The minimum absolute atomic E-state index is 0.0310. The lowest BCUT2D eigenvalue weighted by Gasteiger charge is -2.12. The molecule has 0 radical (unpaired) electrons. The molecule has 1 aromatic heterocycles. The first kappa shape index (κ1) is 17.7. The Morgan fingerprint density at radius 3 is 2.73 bits per heavy atom. The summed E-state index contributed by atoms with van der Waals surface area (Å²) in [6.45, 7) is 0.190. The average molecular weight is 356 g/mol. The monoisotopic (exact) mass is 356 g/mol. The molecule has 26 heavy (non-hydrogen) atoms. The van der Waals surface area contributed by atoms with Crippen molar-refractivity contribution in [3.8, 4) is 5.75 Å². The SMILES string of the molecule is O=C(NCCC1CC(=O)C(c2c(O)cccc2F)C1=O)c1ccccn1. The Kier molecular flexibility index (Phi) is 5.06. The smallest absolute Gasteiger partial charge is 0.269 e. The van der Waals surface area contributed by atoms with Crippen LogP contribution in [0.25, 0.3) is 0 Å². The van der Waals surface area contributed by atoms with Gasteiger partial charge in [0, 0.05) is 30.6 Å². The first-order chi connectivity index (χ1) is 12.5. The lowest BCUT2D eigenvalue weighted by molar-refractivity contribution is -0.125. The number of aromatic hydroxyl groups is 1. The van der Waals surface area contributed by atoms with Crippen molar-refractivity contribution in [2.75, 3.05) is 6.54 Å². The fraction of sp³-hybridized carbons (Fsp3) is 0.263. The molecule has 2 N–H and O–H groups in total. The second kappa shape index (κ2) is 7.43. The maximum atomic E-state index is 14.0. The highest BCUT2D eigenvalue weighted by Gasteiger charge is 2.43. The standard InChI is InChI=1S/C19H17FN2O4/c20-12-4-3-6-14(23)16(12)17-15(24)10-11(18(17)25)7-9-22-19(26)13-5-1-2-8-21-13/h1-6,8,11,17,23H,7,9-10H2,(H,22,26). The van der Waals surface area contributed by atoms with Crippen molar-refractivity contribution in [3.63, 3.8) is 0 Å². The summed E-state index contributed by atoms with van der Waals surface area (Å²) in [5, 5.41) is 12.5. The van der Waals surface area contributed by atoms with Crippen LogP contribution in [0.3, 0.4) is 0 Å². The summed E-state index contributed by atoms with van der Waals surface area (Å²) >= 11 is 0. The predicted molar refractivity (Wildman–Crippen MR) is 90.1 cm³/mol. The van der Waals surface area contributed by atoms with Crippen molar-refractivity contribution < 1.29 is 23.9 Å². The summed E-state index contributed by atoms with van der Waals surface area (Å²) in [5.41, 5.74) is -0.00185. The van der Waals surface area contributed by atoms with Crippen LogP contribution >= 0.6 is 0 Å². The van der Waals surface area contributed by atoms with Gasteiger partial charge in [0.15, 0.2) is 5.78 Å². The van der Waals surface area contributed by atoms with Crippen LogP contribution in [0, 0.1) is 11.7 Å². The number of phenolic OH excluding ortho intramolecular Hbond substituents is 1. The number of nitrogens with one attached hydrogen (secondary N) is 1. The molecule has 1 fully saturated rings. The van der Waals surface area contributed by atoms with Gasteiger partial charge in [-0.25, -0.2) is 4.39 Å². The minimum Gasteiger partial charge on any atom is -0.508 e. The summed E-state index contributed by atoms with van der Waals surface area (Å²) in [5.74, 6) is -4.30. The molecule has 2 unspecified atom stereocenters. The Labute approximate surface area is 149 Å². The van der Waals surface area contributed by atoms with Crippen LogP contribution in [-0.2, 0) is 9.59 Å². The highest BCUT2D eigenvalue weighted by atomic mass is 19.1. The van der Waals surface area contributed by atoms with Crippen molar-refractivity contribution in [2.24, 2.45) is 5.92 Å².